The minimum absolute atomic E-state index is 0.00207. The standard InChI is InChI=1S/C45H86O5/c1-5-9-13-15-17-24-30-41(28-21-11-7-3)44(47)49-37-43(40-34-32-39(33-35-40)27-23-19-20-26-36-46)38-50-45(48)42(29-22-12-8-4)31-25-18-16-14-10-6-2/h39-43,46H,5-38H2,1-4H3. The first kappa shape index (κ1) is 46.9. The van der Waals surface area contributed by atoms with Gasteiger partial charge >= 0.3 is 11.9 Å². The molecule has 2 atom stereocenters. The van der Waals surface area contributed by atoms with Crippen molar-refractivity contribution in [2.24, 2.45) is 29.6 Å². The topological polar surface area (TPSA) is 72.8 Å². The Morgan fingerprint density at radius 1 is 0.500 bits per heavy atom. The van der Waals surface area contributed by atoms with Crippen LogP contribution in [0.15, 0.2) is 0 Å². The molecular weight excluding hydrogens is 620 g/mol. The number of hydrogen-bond donors (Lipinski definition) is 1. The molecule has 1 fully saturated rings. The molecule has 0 aromatic rings. The molecule has 5 nitrogen and oxygen atoms in total. The fourth-order valence-corrected chi connectivity index (χ4v) is 8.16. The molecule has 0 aromatic heterocycles. The van der Waals surface area contributed by atoms with Gasteiger partial charge in [0.25, 0.3) is 0 Å². The van der Waals surface area contributed by atoms with Crippen molar-refractivity contribution in [3.8, 4) is 0 Å². The van der Waals surface area contributed by atoms with Gasteiger partial charge in [-0.1, -0.05) is 182 Å². The van der Waals surface area contributed by atoms with Gasteiger partial charge in [0.15, 0.2) is 0 Å². The second-order valence-electron chi connectivity index (χ2n) is 16.2. The zero-order valence-corrected chi connectivity index (χ0v) is 34.0. The van der Waals surface area contributed by atoms with Crippen LogP contribution in [-0.2, 0) is 19.1 Å². The van der Waals surface area contributed by atoms with Crippen LogP contribution in [0.2, 0.25) is 0 Å². The van der Waals surface area contributed by atoms with Gasteiger partial charge in [-0.3, -0.25) is 9.59 Å². The zero-order chi connectivity index (χ0) is 36.5. The number of ether oxygens (including phenoxy) is 2. The Balaban J connectivity index is 2.85. The minimum Gasteiger partial charge on any atom is -0.465 e. The van der Waals surface area contributed by atoms with E-state index in [1.165, 1.54) is 109 Å². The molecule has 296 valence electrons. The normalized spacial score (nSPS) is 18.1. The van der Waals surface area contributed by atoms with E-state index >= 15 is 0 Å². The summed E-state index contributed by atoms with van der Waals surface area (Å²) in [7, 11) is 0. The van der Waals surface area contributed by atoms with Crippen molar-refractivity contribution < 1.29 is 24.2 Å². The summed E-state index contributed by atoms with van der Waals surface area (Å²) in [4.78, 5) is 27.2. The van der Waals surface area contributed by atoms with Gasteiger partial charge in [0, 0.05) is 12.5 Å². The summed E-state index contributed by atoms with van der Waals surface area (Å²) in [5.74, 6) is 1.27. The molecule has 1 N–H and O–H groups in total. The van der Waals surface area contributed by atoms with Gasteiger partial charge in [-0.15, -0.1) is 0 Å². The Kier molecular flexibility index (Phi) is 31.6. The van der Waals surface area contributed by atoms with E-state index in [-0.39, 0.29) is 29.7 Å². The number of carbonyl (C=O) groups excluding carboxylic acids is 2. The third-order valence-electron chi connectivity index (χ3n) is 11.7. The van der Waals surface area contributed by atoms with Gasteiger partial charge in [0.2, 0.25) is 0 Å². The van der Waals surface area contributed by atoms with E-state index in [0.717, 1.165) is 95.8 Å². The summed E-state index contributed by atoms with van der Waals surface area (Å²) in [6.45, 7) is 10.0. The predicted octanol–water partition coefficient (Wildman–Crippen LogP) is 13.3. The summed E-state index contributed by atoms with van der Waals surface area (Å²) in [5, 5.41) is 9.09. The molecule has 0 saturated heterocycles. The van der Waals surface area contributed by atoms with E-state index in [1.807, 2.05) is 0 Å². The van der Waals surface area contributed by atoms with E-state index in [1.54, 1.807) is 0 Å². The van der Waals surface area contributed by atoms with Gasteiger partial charge in [-0.05, 0) is 56.8 Å². The van der Waals surface area contributed by atoms with Crippen LogP contribution in [0.4, 0.5) is 0 Å². The Morgan fingerprint density at radius 2 is 0.860 bits per heavy atom. The van der Waals surface area contributed by atoms with Crippen molar-refractivity contribution in [1.29, 1.82) is 0 Å². The highest BCUT2D eigenvalue weighted by Gasteiger charge is 2.31. The van der Waals surface area contributed by atoms with Crippen molar-refractivity contribution >= 4 is 11.9 Å². The summed E-state index contributed by atoms with van der Waals surface area (Å²) >= 11 is 0. The first-order valence-electron chi connectivity index (χ1n) is 22.4. The highest BCUT2D eigenvalue weighted by atomic mass is 16.5. The fraction of sp³-hybridized carbons (Fsp3) is 0.956. The average molecular weight is 707 g/mol. The lowest BCUT2D eigenvalue weighted by Crippen LogP contribution is -2.32. The van der Waals surface area contributed by atoms with Crippen LogP contribution in [0.1, 0.15) is 227 Å². The maximum absolute atomic E-state index is 13.6. The molecule has 1 saturated carbocycles. The number of esters is 2. The molecule has 0 radical (unpaired) electrons. The lowest BCUT2D eigenvalue weighted by atomic mass is 9.75. The third kappa shape index (κ3) is 24.2. The van der Waals surface area contributed by atoms with Crippen LogP contribution in [0.25, 0.3) is 0 Å². The Hall–Kier alpha value is -1.10. The molecule has 1 aliphatic rings. The van der Waals surface area contributed by atoms with Crippen molar-refractivity contribution in [3.63, 3.8) is 0 Å². The van der Waals surface area contributed by atoms with E-state index in [2.05, 4.69) is 27.7 Å². The maximum atomic E-state index is 13.6. The summed E-state index contributed by atoms with van der Waals surface area (Å²) < 4.78 is 12.4. The zero-order valence-electron chi connectivity index (χ0n) is 34.0. The molecule has 0 heterocycles. The summed E-state index contributed by atoms with van der Waals surface area (Å²) in [5.41, 5.74) is 0. The quantitative estimate of drug-likeness (QED) is 0.0524. The van der Waals surface area contributed by atoms with Crippen molar-refractivity contribution in [2.45, 2.75) is 227 Å². The summed E-state index contributed by atoms with van der Waals surface area (Å²) in [6.07, 6.45) is 36.0. The van der Waals surface area contributed by atoms with Crippen LogP contribution >= 0.6 is 0 Å². The number of aliphatic hydroxyl groups excluding tert-OH is 1. The number of unbranched alkanes of at least 4 members (excludes halogenated alkanes) is 17. The number of rotatable bonds is 35. The minimum atomic E-state index is -0.0110. The molecule has 0 aromatic carbocycles. The molecule has 50 heavy (non-hydrogen) atoms. The third-order valence-corrected chi connectivity index (χ3v) is 11.7. The highest BCUT2D eigenvalue weighted by Crippen LogP contribution is 2.37. The van der Waals surface area contributed by atoms with Crippen LogP contribution in [0.5, 0.6) is 0 Å². The Labute approximate surface area is 311 Å². The van der Waals surface area contributed by atoms with Crippen molar-refractivity contribution in [3.05, 3.63) is 0 Å². The maximum Gasteiger partial charge on any atom is 0.308 e. The van der Waals surface area contributed by atoms with Gasteiger partial charge < -0.3 is 14.6 Å². The largest absolute Gasteiger partial charge is 0.465 e. The smallest absolute Gasteiger partial charge is 0.308 e. The lowest BCUT2D eigenvalue weighted by Gasteiger charge is -2.34. The van der Waals surface area contributed by atoms with E-state index in [9.17, 15) is 9.59 Å². The lowest BCUT2D eigenvalue weighted by molar-refractivity contribution is -0.156. The SMILES string of the molecule is CCCCCCCCC(CCCCC)C(=O)OCC(COC(=O)C(CCCCC)CCCCCCCC)C1CCC(CCCCCCO)CC1. The van der Waals surface area contributed by atoms with E-state index < -0.39 is 0 Å². The number of carbonyl (C=O) groups is 2. The van der Waals surface area contributed by atoms with Crippen LogP contribution in [0.3, 0.4) is 0 Å². The van der Waals surface area contributed by atoms with Crippen LogP contribution in [-0.4, -0.2) is 36.9 Å². The number of hydrogen-bond acceptors (Lipinski definition) is 5. The van der Waals surface area contributed by atoms with Crippen LogP contribution < -0.4 is 0 Å². The van der Waals surface area contributed by atoms with Gasteiger partial charge in [-0.2, -0.15) is 0 Å². The van der Waals surface area contributed by atoms with E-state index in [0.29, 0.717) is 25.7 Å². The molecule has 0 bridgehead atoms. The Morgan fingerprint density at radius 3 is 1.30 bits per heavy atom. The molecule has 0 spiro atoms. The van der Waals surface area contributed by atoms with E-state index in [4.69, 9.17) is 14.6 Å². The fourth-order valence-electron chi connectivity index (χ4n) is 8.16. The van der Waals surface area contributed by atoms with Crippen molar-refractivity contribution in [1.82, 2.24) is 0 Å². The molecule has 5 heteroatoms. The Bertz CT molecular complexity index is 715. The molecular formula is C45H86O5. The molecule has 1 rings (SSSR count). The molecule has 2 unspecified atom stereocenters. The van der Waals surface area contributed by atoms with Crippen LogP contribution in [0, 0.1) is 29.6 Å². The summed E-state index contributed by atoms with van der Waals surface area (Å²) in [6, 6.07) is 0. The molecule has 0 amide bonds. The molecule has 1 aliphatic carbocycles. The second-order valence-corrected chi connectivity index (χ2v) is 16.2. The first-order valence-corrected chi connectivity index (χ1v) is 22.4. The second kappa shape index (κ2) is 33.7. The van der Waals surface area contributed by atoms with Crippen molar-refractivity contribution in [2.75, 3.05) is 19.8 Å². The van der Waals surface area contributed by atoms with Gasteiger partial charge in [0.05, 0.1) is 25.0 Å². The monoisotopic (exact) mass is 707 g/mol. The molecule has 0 aliphatic heterocycles. The average Bonchev–Trinajstić information content (AvgIpc) is 3.13. The number of aliphatic hydroxyl groups is 1. The predicted molar refractivity (Wildman–Crippen MR) is 212 cm³/mol. The van der Waals surface area contributed by atoms with Gasteiger partial charge in [0.1, 0.15) is 0 Å². The first-order chi connectivity index (χ1) is 24.5. The van der Waals surface area contributed by atoms with Gasteiger partial charge in [-0.25, -0.2) is 0 Å². The highest BCUT2D eigenvalue weighted by molar-refractivity contribution is 5.73.